The lowest BCUT2D eigenvalue weighted by Crippen LogP contribution is -2.24. The topological polar surface area (TPSA) is 91.7 Å². The van der Waals surface area contributed by atoms with Crippen LogP contribution in [0, 0.1) is 4.91 Å². The highest BCUT2D eigenvalue weighted by atomic mass is 16.6. The summed E-state index contributed by atoms with van der Waals surface area (Å²) in [5, 5.41) is 13.7. The molecule has 1 saturated heterocycles. The van der Waals surface area contributed by atoms with Gasteiger partial charge in [-0.2, -0.15) is 4.98 Å². The first kappa shape index (κ1) is 18.9. The summed E-state index contributed by atoms with van der Waals surface area (Å²) in [5.74, 6) is 1.29. The van der Waals surface area contributed by atoms with Gasteiger partial charge in [-0.25, -0.2) is 5.21 Å². The normalized spacial score (nSPS) is 14.4. The molecule has 1 N–H and O–H groups in total. The summed E-state index contributed by atoms with van der Waals surface area (Å²) < 4.78 is 10.8. The second-order valence-electron chi connectivity index (χ2n) is 7.00. The van der Waals surface area contributed by atoms with E-state index in [2.05, 4.69) is 15.0 Å². The highest BCUT2D eigenvalue weighted by Gasteiger charge is 2.26. The van der Waals surface area contributed by atoms with Crippen LogP contribution < -0.4 is 9.64 Å². The molecule has 2 aromatic carbocycles. The van der Waals surface area contributed by atoms with Crippen LogP contribution in [-0.2, 0) is 0 Å². The summed E-state index contributed by atoms with van der Waals surface area (Å²) in [7, 11) is 1.58. The SMILES string of the molecule is COc1ccccc1-c1noc(-c2ccc(N3CCCCCC3)c([N+](=O)O)c2)n1. The molecule has 29 heavy (non-hydrogen) atoms. The van der Waals surface area contributed by atoms with Gasteiger partial charge in [-0.1, -0.05) is 30.1 Å². The molecule has 1 aromatic heterocycles. The number of hydrogen-bond acceptors (Lipinski definition) is 6. The molecular formula is C21H23N4O4+. The molecule has 4 rings (SSSR count). The minimum atomic E-state index is -0.0960. The first-order valence-corrected chi connectivity index (χ1v) is 9.70. The fourth-order valence-electron chi connectivity index (χ4n) is 3.67. The fraction of sp³-hybridized carbons (Fsp3) is 0.333. The number of benzene rings is 2. The standard InChI is InChI=1S/C21H23N4O4/c1-28-19-9-5-4-8-16(19)20-22-21(29-23-20)15-10-11-17(18(14-15)25(26)27)24-12-6-2-3-7-13-24/h4-5,8-11,14H,2-3,6-7,12-13H2,1H3,(H,26,27)/q+1. The van der Waals surface area contributed by atoms with E-state index in [1.807, 2.05) is 36.4 Å². The number of rotatable bonds is 5. The second-order valence-corrected chi connectivity index (χ2v) is 7.00. The number of methoxy groups -OCH3 is 1. The molecule has 8 heteroatoms. The van der Waals surface area contributed by atoms with Crippen LogP contribution in [0.25, 0.3) is 22.8 Å². The number of ether oxygens (including phenoxy) is 1. The molecule has 1 aliphatic heterocycles. The zero-order chi connectivity index (χ0) is 20.2. The smallest absolute Gasteiger partial charge is 0.340 e. The molecule has 0 unspecified atom stereocenters. The van der Waals surface area contributed by atoms with Crippen molar-refractivity contribution in [3.05, 3.63) is 47.4 Å². The van der Waals surface area contributed by atoms with E-state index in [-0.39, 0.29) is 16.5 Å². The van der Waals surface area contributed by atoms with E-state index in [9.17, 15) is 10.1 Å². The molecule has 1 aliphatic rings. The third kappa shape index (κ3) is 3.91. The Morgan fingerprint density at radius 3 is 2.59 bits per heavy atom. The lowest BCUT2D eigenvalue weighted by Gasteiger charge is -2.21. The van der Waals surface area contributed by atoms with Crippen LogP contribution in [0.3, 0.4) is 0 Å². The largest absolute Gasteiger partial charge is 0.496 e. The van der Waals surface area contributed by atoms with Crippen molar-refractivity contribution < 1.29 is 19.4 Å². The molecule has 0 amide bonds. The molecule has 150 valence electrons. The van der Waals surface area contributed by atoms with E-state index >= 15 is 0 Å². The van der Waals surface area contributed by atoms with Crippen molar-refractivity contribution in [1.82, 2.24) is 10.1 Å². The molecule has 0 bridgehead atoms. The molecule has 2 heterocycles. The Kier molecular flexibility index (Phi) is 5.41. The van der Waals surface area contributed by atoms with Crippen LogP contribution >= 0.6 is 0 Å². The van der Waals surface area contributed by atoms with Crippen LogP contribution in [0.5, 0.6) is 5.75 Å². The Morgan fingerprint density at radius 1 is 1.10 bits per heavy atom. The van der Waals surface area contributed by atoms with Crippen molar-refractivity contribution in [3.8, 4) is 28.6 Å². The first-order valence-electron chi connectivity index (χ1n) is 9.70. The van der Waals surface area contributed by atoms with Crippen molar-refractivity contribution in [3.63, 3.8) is 0 Å². The van der Waals surface area contributed by atoms with Gasteiger partial charge in [0.1, 0.15) is 11.4 Å². The van der Waals surface area contributed by atoms with Crippen molar-refractivity contribution in [2.24, 2.45) is 0 Å². The van der Waals surface area contributed by atoms with Gasteiger partial charge in [0.15, 0.2) is 0 Å². The average Bonchev–Trinajstić information content (AvgIpc) is 3.08. The third-order valence-corrected chi connectivity index (χ3v) is 5.15. The van der Waals surface area contributed by atoms with Crippen molar-refractivity contribution in [2.75, 3.05) is 25.1 Å². The molecule has 0 aliphatic carbocycles. The minimum Gasteiger partial charge on any atom is -0.496 e. The van der Waals surface area contributed by atoms with Gasteiger partial charge in [-0.3, -0.25) is 0 Å². The van der Waals surface area contributed by atoms with Crippen molar-refractivity contribution >= 4 is 11.4 Å². The van der Waals surface area contributed by atoms with Crippen LogP contribution in [0.4, 0.5) is 11.4 Å². The maximum atomic E-state index is 11.9. The summed E-state index contributed by atoms with van der Waals surface area (Å²) in [5.41, 5.74) is 2.14. The monoisotopic (exact) mass is 395 g/mol. The Balaban J connectivity index is 1.68. The zero-order valence-electron chi connectivity index (χ0n) is 16.2. The summed E-state index contributed by atoms with van der Waals surface area (Å²) in [6.07, 6.45) is 4.49. The molecule has 0 atom stereocenters. The van der Waals surface area contributed by atoms with Gasteiger partial charge in [0, 0.05) is 24.7 Å². The molecule has 0 radical (unpaired) electrons. The highest BCUT2D eigenvalue weighted by molar-refractivity contribution is 5.72. The van der Waals surface area contributed by atoms with Crippen molar-refractivity contribution in [2.45, 2.75) is 25.7 Å². The van der Waals surface area contributed by atoms with Crippen LogP contribution in [0.15, 0.2) is 47.0 Å². The lowest BCUT2D eigenvalue weighted by molar-refractivity contribution is -0.729. The summed E-state index contributed by atoms with van der Waals surface area (Å²) in [4.78, 5) is 18.3. The maximum Gasteiger partial charge on any atom is 0.340 e. The van der Waals surface area contributed by atoms with E-state index < -0.39 is 0 Å². The van der Waals surface area contributed by atoms with E-state index in [1.165, 1.54) is 12.8 Å². The van der Waals surface area contributed by atoms with Crippen molar-refractivity contribution in [1.29, 1.82) is 0 Å². The molecular weight excluding hydrogens is 372 g/mol. The van der Waals surface area contributed by atoms with Gasteiger partial charge in [-0.15, -0.1) is 0 Å². The lowest BCUT2D eigenvalue weighted by atomic mass is 10.1. The van der Waals surface area contributed by atoms with E-state index in [0.717, 1.165) is 25.9 Å². The second kappa shape index (κ2) is 8.30. The average molecular weight is 395 g/mol. The molecule has 1 fully saturated rings. The number of hydrogen-bond donors (Lipinski definition) is 1. The van der Waals surface area contributed by atoms with Gasteiger partial charge in [0.05, 0.1) is 17.6 Å². The van der Waals surface area contributed by atoms with E-state index in [4.69, 9.17) is 9.26 Å². The Labute approximate surface area is 168 Å². The zero-order valence-corrected chi connectivity index (χ0v) is 16.2. The van der Waals surface area contributed by atoms with Gasteiger partial charge < -0.3 is 14.2 Å². The number of aromatic nitrogens is 2. The summed E-state index contributed by atoms with van der Waals surface area (Å²) in [6, 6.07) is 12.6. The molecule has 8 nitrogen and oxygen atoms in total. The summed E-state index contributed by atoms with van der Waals surface area (Å²) in [6.45, 7) is 1.72. The minimum absolute atomic E-state index is 0.0960. The predicted molar refractivity (Wildman–Crippen MR) is 107 cm³/mol. The molecule has 0 spiro atoms. The Morgan fingerprint density at radius 2 is 1.86 bits per heavy atom. The molecule has 3 aromatic rings. The Bertz CT molecular complexity index is 1010. The number of para-hydroxylation sites is 1. The van der Waals surface area contributed by atoms with Gasteiger partial charge in [0.25, 0.3) is 10.8 Å². The maximum absolute atomic E-state index is 11.9. The first-order chi connectivity index (χ1) is 14.2. The highest BCUT2D eigenvalue weighted by Crippen LogP contribution is 2.35. The Hall–Kier alpha value is -3.42. The van der Waals surface area contributed by atoms with E-state index in [1.54, 1.807) is 13.2 Å². The van der Waals surface area contributed by atoms with Crippen LogP contribution in [-0.4, -0.2) is 40.5 Å². The molecule has 0 saturated carbocycles. The number of nitrogens with zero attached hydrogens (tertiary/aromatic N) is 4. The van der Waals surface area contributed by atoms with E-state index in [0.29, 0.717) is 28.4 Å². The fourth-order valence-corrected chi connectivity index (χ4v) is 3.67. The predicted octanol–water partition coefficient (Wildman–Crippen LogP) is 4.59. The quantitative estimate of drug-likeness (QED) is 0.632. The van der Waals surface area contributed by atoms with Crippen LogP contribution in [0.1, 0.15) is 25.7 Å². The van der Waals surface area contributed by atoms with Gasteiger partial charge in [-0.05, 0) is 37.1 Å². The van der Waals surface area contributed by atoms with Crippen LogP contribution in [0.2, 0.25) is 0 Å². The van der Waals surface area contributed by atoms with Gasteiger partial charge in [0.2, 0.25) is 5.82 Å². The summed E-state index contributed by atoms with van der Waals surface area (Å²) >= 11 is 0. The third-order valence-electron chi connectivity index (χ3n) is 5.15. The number of anilines is 1. The van der Waals surface area contributed by atoms with Gasteiger partial charge >= 0.3 is 5.69 Å².